The topological polar surface area (TPSA) is 117 Å². The van der Waals surface area contributed by atoms with Gasteiger partial charge in [0.2, 0.25) is 10.0 Å². The molecule has 9 heteroatoms. The lowest BCUT2D eigenvalue weighted by Crippen LogP contribution is -2.24. The van der Waals surface area contributed by atoms with E-state index in [9.17, 15) is 13.0 Å². The zero-order valence-electron chi connectivity index (χ0n) is 6.82. The van der Waals surface area contributed by atoms with E-state index in [4.69, 9.17) is 9.79 Å². The standard InChI is InChI=1S/C5H8NO6PS/c7-13(8,9)4-6-14(10,11)5-1-2-12-3-5/h1-3,6H,4H2,(H2,7,8,9). The predicted molar refractivity (Wildman–Crippen MR) is 45.9 cm³/mol. The smallest absolute Gasteiger partial charge is 0.340 e. The van der Waals surface area contributed by atoms with Gasteiger partial charge in [0.05, 0.1) is 6.26 Å². The first kappa shape index (κ1) is 11.4. The van der Waals surface area contributed by atoms with Crippen molar-refractivity contribution in [2.24, 2.45) is 0 Å². The molecule has 14 heavy (non-hydrogen) atoms. The molecule has 0 bridgehead atoms. The van der Waals surface area contributed by atoms with Gasteiger partial charge in [-0.15, -0.1) is 0 Å². The van der Waals surface area contributed by atoms with E-state index in [0.717, 1.165) is 12.5 Å². The van der Waals surface area contributed by atoms with E-state index in [1.807, 2.05) is 0 Å². The number of sulfonamides is 1. The number of nitrogens with one attached hydrogen (secondary N) is 1. The van der Waals surface area contributed by atoms with Crippen LogP contribution in [0.5, 0.6) is 0 Å². The predicted octanol–water partition coefficient (Wildman–Crippen LogP) is -0.307. The summed E-state index contributed by atoms with van der Waals surface area (Å²) in [5.74, 6) is 0. The lowest BCUT2D eigenvalue weighted by molar-refractivity contribution is 0.371. The summed E-state index contributed by atoms with van der Waals surface area (Å²) < 4.78 is 39.1. The summed E-state index contributed by atoms with van der Waals surface area (Å²) in [4.78, 5) is 16.7. The molecule has 0 saturated heterocycles. The molecule has 3 N–H and O–H groups in total. The molecule has 0 amide bonds. The van der Waals surface area contributed by atoms with E-state index < -0.39 is 23.9 Å². The quantitative estimate of drug-likeness (QED) is 0.622. The van der Waals surface area contributed by atoms with E-state index in [1.54, 1.807) is 4.72 Å². The number of hydrogen-bond acceptors (Lipinski definition) is 4. The molecule has 0 atom stereocenters. The molecule has 0 aromatic carbocycles. The maximum absolute atomic E-state index is 11.2. The number of furan rings is 1. The van der Waals surface area contributed by atoms with Crippen molar-refractivity contribution in [3.8, 4) is 0 Å². The fourth-order valence-corrected chi connectivity index (χ4v) is 2.59. The van der Waals surface area contributed by atoms with Crippen molar-refractivity contribution in [1.29, 1.82) is 0 Å². The third-order valence-electron chi connectivity index (χ3n) is 1.27. The molecule has 0 unspecified atom stereocenters. The number of rotatable bonds is 4. The highest BCUT2D eigenvalue weighted by Crippen LogP contribution is 2.32. The Labute approximate surface area is 80.0 Å². The zero-order chi connectivity index (χ0) is 10.8. The van der Waals surface area contributed by atoms with Crippen molar-refractivity contribution >= 4 is 17.6 Å². The molecule has 0 aliphatic carbocycles. The minimum atomic E-state index is -4.38. The van der Waals surface area contributed by atoms with E-state index >= 15 is 0 Å². The Morgan fingerprint density at radius 1 is 1.50 bits per heavy atom. The van der Waals surface area contributed by atoms with Crippen molar-refractivity contribution in [3.63, 3.8) is 0 Å². The van der Waals surface area contributed by atoms with Gasteiger partial charge in [-0.05, 0) is 6.07 Å². The fraction of sp³-hybridized carbons (Fsp3) is 0.200. The zero-order valence-corrected chi connectivity index (χ0v) is 8.53. The Morgan fingerprint density at radius 2 is 2.14 bits per heavy atom. The van der Waals surface area contributed by atoms with Gasteiger partial charge in [-0.1, -0.05) is 0 Å². The molecule has 1 rings (SSSR count). The molecule has 0 aliphatic heterocycles. The summed E-state index contributed by atoms with van der Waals surface area (Å²) in [6.45, 7) is 0. The Morgan fingerprint density at radius 3 is 2.57 bits per heavy atom. The van der Waals surface area contributed by atoms with Crippen LogP contribution in [0.25, 0.3) is 0 Å². The Kier molecular flexibility index (Phi) is 3.13. The van der Waals surface area contributed by atoms with Gasteiger partial charge in [0.1, 0.15) is 17.4 Å². The molecule has 1 aromatic rings. The van der Waals surface area contributed by atoms with Crippen molar-refractivity contribution < 1.29 is 27.2 Å². The van der Waals surface area contributed by atoms with Gasteiger partial charge >= 0.3 is 7.60 Å². The summed E-state index contributed by atoms with van der Waals surface area (Å²) in [6, 6.07) is 1.17. The van der Waals surface area contributed by atoms with Gasteiger partial charge < -0.3 is 14.2 Å². The van der Waals surface area contributed by atoms with Crippen LogP contribution in [-0.4, -0.2) is 24.5 Å². The summed E-state index contributed by atoms with van der Waals surface area (Å²) in [5, 5.41) is 0. The Bertz CT molecular complexity index is 431. The molecule has 0 saturated carbocycles. The van der Waals surface area contributed by atoms with Crippen molar-refractivity contribution in [3.05, 3.63) is 18.6 Å². The van der Waals surface area contributed by atoms with Crippen molar-refractivity contribution in [2.45, 2.75) is 4.90 Å². The maximum atomic E-state index is 11.2. The van der Waals surface area contributed by atoms with Gasteiger partial charge in [-0.3, -0.25) is 4.57 Å². The first-order valence-electron chi connectivity index (χ1n) is 3.38. The third-order valence-corrected chi connectivity index (χ3v) is 3.43. The summed E-state index contributed by atoms with van der Waals surface area (Å²) in [7, 11) is -8.27. The van der Waals surface area contributed by atoms with Crippen LogP contribution in [-0.2, 0) is 14.6 Å². The molecule has 0 fully saturated rings. The van der Waals surface area contributed by atoms with Gasteiger partial charge in [-0.25, -0.2) is 8.42 Å². The molecule has 1 aromatic heterocycles. The van der Waals surface area contributed by atoms with Crippen molar-refractivity contribution in [2.75, 3.05) is 6.29 Å². The first-order chi connectivity index (χ1) is 6.31. The number of hydrogen-bond donors (Lipinski definition) is 3. The van der Waals surface area contributed by atoms with Gasteiger partial charge in [0.25, 0.3) is 0 Å². The lowest BCUT2D eigenvalue weighted by atomic mass is 10.7. The van der Waals surface area contributed by atoms with E-state index in [2.05, 4.69) is 4.42 Å². The molecule has 0 radical (unpaired) electrons. The average molecular weight is 241 g/mol. The second kappa shape index (κ2) is 3.84. The van der Waals surface area contributed by atoms with Crippen LogP contribution in [0, 0.1) is 0 Å². The van der Waals surface area contributed by atoms with Crippen LogP contribution < -0.4 is 4.72 Å². The first-order valence-corrected chi connectivity index (χ1v) is 6.66. The SMILES string of the molecule is O=P(O)(O)CNS(=O)(=O)c1ccoc1. The van der Waals surface area contributed by atoms with Crippen LogP contribution in [0.2, 0.25) is 0 Å². The highest BCUT2D eigenvalue weighted by molar-refractivity contribution is 7.89. The van der Waals surface area contributed by atoms with Crippen LogP contribution >= 0.6 is 7.60 Å². The molecule has 0 aliphatic rings. The van der Waals surface area contributed by atoms with Crippen LogP contribution in [0.15, 0.2) is 27.9 Å². The van der Waals surface area contributed by atoms with E-state index in [0.29, 0.717) is 0 Å². The van der Waals surface area contributed by atoms with Crippen LogP contribution in [0.3, 0.4) is 0 Å². The lowest BCUT2D eigenvalue weighted by Gasteiger charge is -2.05. The highest BCUT2D eigenvalue weighted by atomic mass is 32.2. The summed E-state index contributed by atoms with van der Waals surface area (Å²) >= 11 is 0. The van der Waals surface area contributed by atoms with Gasteiger partial charge in [0.15, 0.2) is 0 Å². The Balaban J connectivity index is 2.75. The van der Waals surface area contributed by atoms with E-state index in [-0.39, 0.29) is 4.90 Å². The molecular formula is C5H8NO6PS. The average Bonchev–Trinajstić information content (AvgIpc) is 2.52. The normalized spacial score (nSPS) is 13.0. The molecule has 7 nitrogen and oxygen atoms in total. The molecule has 80 valence electrons. The summed E-state index contributed by atoms with van der Waals surface area (Å²) in [5.41, 5.74) is 0. The second-order valence-electron chi connectivity index (χ2n) is 2.43. The van der Waals surface area contributed by atoms with Crippen LogP contribution in [0.4, 0.5) is 0 Å². The summed E-state index contributed by atoms with van der Waals surface area (Å²) in [6.07, 6.45) is 1.18. The minimum Gasteiger partial charge on any atom is -0.471 e. The molecular weight excluding hydrogens is 233 g/mol. The Hall–Kier alpha value is -0.660. The van der Waals surface area contributed by atoms with Gasteiger partial charge in [0, 0.05) is 0 Å². The maximum Gasteiger partial charge on any atom is 0.340 e. The fourth-order valence-electron chi connectivity index (χ4n) is 0.657. The monoisotopic (exact) mass is 241 g/mol. The third kappa shape index (κ3) is 3.24. The molecule has 1 heterocycles. The van der Waals surface area contributed by atoms with Gasteiger partial charge in [-0.2, -0.15) is 4.72 Å². The highest BCUT2D eigenvalue weighted by Gasteiger charge is 2.20. The largest absolute Gasteiger partial charge is 0.471 e. The van der Waals surface area contributed by atoms with E-state index in [1.165, 1.54) is 6.07 Å². The minimum absolute atomic E-state index is 0.175. The van der Waals surface area contributed by atoms with Crippen LogP contribution in [0.1, 0.15) is 0 Å². The second-order valence-corrected chi connectivity index (χ2v) is 5.84. The molecule has 0 spiro atoms. The van der Waals surface area contributed by atoms with Crippen molar-refractivity contribution in [1.82, 2.24) is 4.72 Å².